The van der Waals surface area contributed by atoms with E-state index in [1.807, 2.05) is 11.2 Å². The second-order valence-corrected chi connectivity index (χ2v) is 7.19. The van der Waals surface area contributed by atoms with Crippen LogP contribution in [-0.4, -0.2) is 21.8 Å². The van der Waals surface area contributed by atoms with Gasteiger partial charge in [0, 0.05) is 29.4 Å². The van der Waals surface area contributed by atoms with Gasteiger partial charge in [0.2, 0.25) is 5.54 Å². The van der Waals surface area contributed by atoms with Gasteiger partial charge in [0.1, 0.15) is 5.82 Å². The molecule has 1 aromatic carbocycles. The topological polar surface area (TPSA) is 102 Å². The van der Waals surface area contributed by atoms with Crippen LogP contribution < -0.4 is 21.9 Å². The van der Waals surface area contributed by atoms with Crippen LogP contribution in [-0.2, 0) is 12.1 Å². The number of hydrogen-bond acceptors (Lipinski definition) is 4. The number of carbonyl (C=O) groups excluding carboxylic acids is 1. The highest BCUT2D eigenvalue weighted by molar-refractivity contribution is 5.95. The average molecular weight is 439 g/mol. The molecule has 0 unspecified atom stereocenters. The van der Waals surface area contributed by atoms with Crippen molar-refractivity contribution in [2.45, 2.75) is 31.1 Å². The number of rotatable bonds is 2. The minimum absolute atomic E-state index is 0.271. The number of fused-ring (bicyclic) bond motifs is 1. The minimum Gasteiger partial charge on any atom is -0.379 e. The number of anilines is 2. The molecule has 1 aromatic heterocycles. The first kappa shape index (κ1) is 20.6. The van der Waals surface area contributed by atoms with Crippen LogP contribution in [0.25, 0.3) is 0 Å². The third-order valence-electron chi connectivity index (χ3n) is 4.99. The van der Waals surface area contributed by atoms with Crippen molar-refractivity contribution >= 4 is 17.5 Å². The normalized spacial score (nSPS) is 20.2. The molecule has 1 saturated carbocycles. The van der Waals surface area contributed by atoms with Gasteiger partial charge in [-0.25, -0.2) is 18.6 Å². The smallest absolute Gasteiger partial charge is 0.379 e. The molecule has 2 amide bonds. The maximum absolute atomic E-state index is 15.2. The zero-order valence-corrected chi connectivity index (χ0v) is 15.6. The summed E-state index contributed by atoms with van der Waals surface area (Å²) in [6.45, 7) is -0.688. The Morgan fingerprint density at radius 2 is 2.00 bits per heavy atom. The molecule has 2 aromatic rings. The van der Waals surface area contributed by atoms with Gasteiger partial charge < -0.3 is 20.9 Å². The number of nitrogens with one attached hydrogen (secondary N) is 2. The molecule has 0 radical (unpaired) electrons. The van der Waals surface area contributed by atoms with Crippen LogP contribution in [0.4, 0.5) is 38.3 Å². The Bertz CT molecular complexity index is 1210. The minimum atomic E-state index is -5.17. The number of nitrogen functional groups attached to an aromatic ring is 1. The number of urea groups is 1. The lowest BCUT2D eigenvalue weighted by molar-refractivity contribution is -0.178. The zero-order valence-electron chi connectivity index (χ0n) is 15.6. The molecule has 1 aliphatic heterocycles. The predicted octanol–water partition coefficient (Wildman–Crippen LogP) is 2.46. The van der Waals surface area contributed by atoms with E-state index in [2.05, 4.69) is 10.9 Å². The number of carbonyl (C=O) groups is 1. The summed E-state index contributed by atoms with van der Waals surface area (Å²) in [6, 6.07) is -0.887. The standard InChI is InChI=1S/C19H14F5N5O2/c20-12-7-11-14(13(21)10(12)8-29-6-5-26-15(25)16(29)30)27-17(31)28-18(11,19(22,23)24)4-3-9-1-2-9/h5-7,9H,1-2,8H2,(H2,25,26)(H2,27,28,31)/t18-/m0/s1. The van der Waals surface area contributed by atoms with E-state index in [-0.39, 0.29) is 5.92 Å². The van der Waals surface area contributed by atoms with Gasteiger partial charge in [-0.1, -0.05) is 11.8 Å². The molecular formula is C19H14F5N5O2. The molecule has 4 N–H and O–H groups in total. The molecule has 162 valence electrons. The highest BCUT2D eigenvalue weighted by Crippen LogP contribution is 2.46. The lowest BCUT2D eigenvalue weighted by Crippen LogP contribution is -2.59. The Morgan fingerprint density at radius 3 is 2.65 bits per heavy atom. The Hall–Kier alpha value is -3.62. The third-order valence-corrected chi connectivity index (χ3v) is 4.99. The summed E-state index contributed by atoms with van der Waals surface area (Å²) in [7, 11) is 0. The van der Waals surface area contributed by atoms with Crippen LogP contribution in [0.2, 0.25) is 0 Å². The molecule has 1 atom stereocenters. The number of benzene rings is 1. The van der Waals surface area contributed by atoms with E-state index >= 15 is 4.39 Å². The van der Waals surface area contributed by atoms with E-state index in [1.165, 1.54) is 0 Å². The van der Waals surface area contributed by atoms with Crippen LogP contribution in [0, 0.1) is 29.4 Å². The molecule has 1 fully saturated rings. The van der Waals surface area contributed by atoms with E-state index in [0.717, 1.165) is 17.0 Å². The monoisotopic (exact) mass is 439 g/mol. The first-order valence-electron chi connectivity index (χ1n) is 9.04. The molecule has 2 aliphatic rings. The fourth-order valence-electron chi connectivity index (χ4n) is 3.20. The fraction of sp³-hybridized carbons (Fsp3) is 0.316. The quantitative estimate of drug-likeness (QED) is 0.494. The molecule has 1 aliphatic carbocycles. The number of hydrogen-bond donors (Lipinski definition) is 3. The highest BCUT2D eigenvalue weighted by Gasteiger charge is 2.60. The predicted molar refractivity (Wildman–Crippen MR) is 98.8 cm³/mol. The molecule has 0 bridgehead atoms. The van der Waals surface area contributed by atoms with Crippen LogP contribution in [0.5, 0.6) is 0 Å². The van der Waals surface area contributed by atoms with Gasteiger partial charge in [0.25, 0.3) is 5.56 Å². The Kier molecular flexibility index (Phi) is 4.64. The van der Waals surface area contributed by atoms with Crippen molar-refractivity contribution in [3.8, 4) is 11.8 Å². The lowest BCUT2D eigenvalue weighted by atomic mass is 9.85. The molecular weight excluding hydrogens is 425 g/mol. The summed E-state index contributed by atoms with van der Waals surface area (Å²) >= 11 is 0. The second-order valence-electron chi connectivity index (χ2n) is 7.19. The average Bonchev–Trinajstić information content (AvgIpc) is 3.51. The van der Waals surface area contributed by atoms with Crippen LogP contribution in [0.1, 0.15) is 24.0 Å². The van der Waals surface area contributed by atoms with Crippen molar-refractivity contribution in [2.24, 2.45) is 5.92 Å². The van der Waals surface area contributed by atoms with Gasteiger partial charge in [-0.2, -0.15) is 13.2 Å². The molecule has 12 heteroatoms. The van der Waals surface area contributed by atoms with Crippen molar-refractivity contribution in [1.29, 1.82) is 0 Å². The van der Waals surface area contributed by atoms with Crippen molar-refractivity contribution in [3.05, 3.63) is 51.6 Å². The van der Waals surface area contributed by atoms with E-state index in [0.29, 0.717) is 18.9 Å². The summed E-state index contributed by atoms with van der Waals surface area (Å²) in [6.07, 6.45) is -1.73. The SMILES string of the molecule is Nc1nccn(Cc2c(F)cc3c(c2F)NC(=O)N[C@]3(C#CC2CC2)C(F)(F)F)c1=O. The van der Waals surface area contributed by atoms with Crippen LogP contribution in [0.15, 0.2) is 23.3 Å². The van der Waals surface area contributed by atoms with Crippen molar-refractivity contribution in [3.63, 3.8) is 0 Å². The third kappa shape index (κ3) is 3.45. The summed E-state index contributed by atoms with van der Waals surface area (Å²) in [5.74, 6) is 0.927. The number of alkyl halides is 3. The number of nitrogens with zero attached hydrogens (tertiary/aromatic N) is 2. The highest BCUT2D eigenvalue weighted by atomic mass is 19.4. The van der Waals surface area contributed by atoms with Crippen LogP contribution >= 0.6 is 0 Å². The number of amides is 2. The van der Waals surface area contributed by atoms with Gasteiger partial charge in [0.05, 0.1) is 12.2 Å². The zero-order chi connectivity index (χ0) is 22.6. The largest absolute Gasteiger partial charge is 0.427 e. The van der Waals surface area contributed by atoms with E-state index in [9.17, 15) is 27.2 Å². The molecule has 4 rings (SSSR count). The first-order valence-corrected chi connectivity index (χ1v) is 9.04. The van der Waals surface area contributed by atoms with E-state index < -0.39 is 64.1 Å². The van der Waals surface area contributed by atoms with E-state index in [4.69, 9.17) is 5.73 Å². The number of halogens is 5. The van der Waals surface area contributed by atoms with Gasteiger partial charge >= 0.3 is 12.2 Å². The van der Waals surface area contributed by atoms with Crippen LogP contribution in [0.3, 0.4) is 0 Å². The van der Waals surface area contributed by atoms with Crippen molar-refractivity contribution in [1.82, 2.24) is 14.9 Å². The summed E-state index contributed by atoms with van der Waals surface area (Å²) in [5, 5.41) is 3.64. The summed E-state index contributed by atoms with van der Waals surface area (Å²) in [4.78, 5) is 27.6. The van der Waals surface area contributed by atoms with Crippen molar-refractivity contribution < 1.29 is 26.7 Å². The van der Waals surface area contributed by atoms with Gasteiger partial charge in [-0.3, -0.25) is 4.79 Å². The molecule has 0 spiro atoms. The Balaban J connectivity index is 1.90. The first-order chi connectivity index (χ1) is 14.5. The molecule has 7 nitrogen and oxygen atoms in total. The van der Waals surface area contributed by atoms with Crippen molar-refractivity contribution in [2.75, 3.05) is 11.1 Å². The fourth-order valence-corrected chi connectivity index (χ4v) is 3.20. The Labute approximate surface area is 171 Å². The lowest BCUT2D eigenvalue weighted by Gasteiger charge is -2.37. The summed E-state index contributed by atoms with van der Waals surface area (Å²) in [5.41, 5.74) is -1.25. The maximum Gasteiger partial charge on any atom is 0.427 e. The number of nitrogens with two attached hydrogens (primary N) is 1. The Morgan fingerprint density at radius 1 is 1.29 bits per heavy atom. The summed E-state index contributed by atoms with van der Waals surface area (Å²) < 4.78 is 73.1. The van der Waals surface area contributed by atoms with E-state index in [1.54, 1.807) is 5.32 Å². The number of aromatic nitrogens is 2. The maximum atomic E-state index is 15.2. The van der Waals surface area contributed by atoms with Gasteiger partial charge in [0.15, 0.2) is 11.6 Å². The second kappa shape index (κ2) is 6.97. The molecule has 31 heavy (non-hydrogen) atoms. The molecule has 0 saturated heterocycles. The van der Waals surface area contributed by atoms with Gasteiger partial charge in [-0.15, -0.1) is 0 Å². The van der Waals surface area contributed by atoms with Gasteiger partial charge in [-0.05, 0) is 18.9 Å². The molecule has 2 heterocycles.